The van der Waals surface area contributed by atoms with Gasteiger partial charge in [0.25, 0.3) is 0 Å². The molecular formula is C21H13ClN2. The highest BCUT2D eigenvalue weighted by Crippen LogP contribution is 2.35. The second kappa shape index (κ2) is 5.08. The highest BCUT2D eigenvalue weighted by molar-refractivity contribution is 6.30. The van der Waals surface area contributed by atoms with Crippen LogP contribution in [0.15, 0.2) is 72.8 Å². The summed E-state index contributed by atoms with van der Waals surface area (Å²) in [4.78, 5) is 8.40. The second-order valence-corrected chi connectivity index (χ2v) is 6.34. The second-order valence-electron chi connectivity index (χ2n) is 5.91. The average molecular weight is 329 g/mol. The quantitative estimate of drug-likeness (QED) is 0.365. The minimum Gasteiger partial charge on any atom is -0.337 e. The summed E-state index contributed by atoms with van der Waals surface area (Å²) in [5.41, 5.74) is 3.12. The molecule has 1 heterocycles. The van der Waals surface area contributed by atoms with E-state index >= 15 is 0 Å². The number of nitrogens with zero attached hydrogens (tertiary/aromatic N) is 1. The summed E-state index contributed by atoms with van der Waals surface area (Å²) in [5.74, 6) is 0.864. The van der Waals surface area contributed by atoms with Crippen molar-refractivity contribution in [1.29, 1.82) is 0 Å². The van der Waals surface area contributed by atoms with Crippen molar-refractivity contribution >= 4 is 44.2 Å². The molecular weight excluding hydrogens is 316 g/mol. The van der Waals surface area contributed by atoms with Gasteiger partial charge in [-0.05, 0) is 35.0 Å². The number of H-pyrrole nitrogens is 1. The zero-order chi connectivity index (χ0) is 16.1. The number of hydrogen-bond donors (Lipinski definition) is 1. The summed E-state index contributed by atoms with van der Waals surface area (Å²) in [7, 11) is 0. The van der Waals surface area contributed by atoms with Crippen LogP contribution in [0.25, 0.3) is 44.0 Å². The van der Waals surface area contributed by atoms with Crippen molar-refractivity contribution in [2.75, 3.05) is 0 Å². The molecule has 0 amide bonds. The van der Waals surface area contributed by atoms with Gasteiger partial charge in [-0.3, -0.25) is 0 Å². The fraction of sp³-hybridized carbons (Fsp3) is 0. The van der Waals surface area contributed by atoms with Crippen LogP contribution >= 0.6 is 11.6 Å². The Morgan fingerprint density at radius 1 is 0.667 bits per heavy atom. The summed E-state index contributed by atoms with van der Waals surface area (Å²) < 4.78 is 0. The van der Waals surface area contributed by atoms with Gasteiger partial charge >= 0.3 is 0 Å². The standard InChI is InChI=1S/C21H13ClN2/c22-14-11-9-13(10-12-14)21-23-19-17-7-3-1-5-15(17)16-6-2-4-8-18(16)20(19)24-21/h1-12H,(H,23,24). The Morgan fingerprint density at radius 3 is 1.96 bits per heavy atom. The fourth-order valence-electron chi connectivity index (χ4n) is 3.37. The van der Waals surface area contributed by atoms with Crippen LogP contribution in [0.4, 0.5) is 0 Å². The molecule has 0 aliphatic heterocycles. The number of hydrogen-bond acceptors (Lipinski definition) is 1. The third kappa shape index (κ3) is 1.93. The number of rotatable bonds is 1. The largest absolute Gasteiger partial charge is 0.337 e. The van der Waals surface area contributed by atoms with Gasteiger partial charge < -0.3 is 4.98 Å². The van der Waals surface area contributed by atoms with Gasteiger partial charge in [-0.15, -0.1) is 0 Å². The summed E-state index contributed by atoms with van der Waals surface area (Å²) in [6.07, 6.45) is 0. The van der Waals surface area contributed by atoms with Gasteiger partial charge in [-0.2, -0.15) is 0 Å². The number of nitrogens with one attached hydrogen (secondary N) is 1. The molecule has 2 nitrogen and oxygen atoms in total. The predicted octanol–water partition coefficient (Wildman–Crippen LogP) is 6.19. The Morgan fingerprint density at radius 2 is 1.25 bits per heavy atom. The van der Waals surface area contributed by atoms with Gasteiger partial charge in [0.1, 0.15) is 5.82 Å². The molecule has 0 spiro atoms. The number of imidazole rings is 1. The van der Waals surface area contributed by atoms with Crippen LogP contribution in [0, 0.1) is 0 Å². The van der Waals surface area contributed by atoms with Crippen LogP contribution in [0.5, 0.6) is 0 Å². The van der Waals surface area contributed by atoms with Crippen molar-refractivity contribution in [3.05, 3.63) is 77.8 Å². The van der Waals surface area contributed by atoms with Crippen LogP contribution in [0.1, 0.15) is 0 Å². The molecule has 1 aromatic heterocycles. The monoisotopic (exact) mass is 328 g/mol. The van der Waals surface area contributed by atoms with E-state index in [4.69, 9.17) is 16.6 Å². The van der Waals surface area contributed by atoms with E-state index in [0.29, 0.717) is 0 Å². The van der Waals surface area contributed by atoms with Crippen LogP contribution < -0.4 is 0 Å². The summed E-state index contributed by atoms with van der Waals surface area (Å²) in [6.45, 7) is 0. The van der Waals surface area contributed by atoms with Crippen LogP contribution in [0.2, 0.25) is 5.02 Å². The third-order valence-electron chi connectivity index (χ3n) is 4.49. The molecule has 0 saturated carbocycles. The predicted molar refractivity (Wildman–Crippen MR) is 102 cm³/mol. The van der Waals surface area contributed by atoms with Gasteiger partial charge in [0.05, 0.1) is 11.0 Å². The molecule has 0 aliphatic carbocycles. The Hall–Kier alpha value is -2.84. The molecule has 1 N–H and O–H groups in total. The van der Waals surface area contributed by atoms with Gasteiger partial charge in [0.2, 0.25) is 0 Å². The van der Waals surface area contributed by atoms with E-state index in [9.17, 15) is 0 Å². The van der Waals surface area contributed by atoms with Crippen molar-refractivity contribution in [3.63, 3.8) is 0 Å². The van der Waals surface area contributed by atoms with Gasteiger partial charge in [0.15, 0.2) is 0 Å². The molecule has 0 unspecified atom stereocenters. The first kappa shape index (κ1) is 13.6. The van der Waals surface area contributed by atoms with E-state index in [1.165, 1.54) is 21.5 Å². The lowest BCUT2D eigenvalue weighted by Crippen LogP contribution is -1.81. The lowest BCUT2D eigenvalue weighted by atomic mass is 10.0. The SMILES string of the molecule is Clc1ccc(-c2nc3c4ccccc4c4ccccc4c3[nH]2)cc1. The lowest BCUT2D eigenvalue weighted by molar-refractivity contribution is 1.34. The molecule has 5 rings (SSSR count). The number of fused-ring (bicyclic) bond motifs is 6. The number of halogens is 1. The smallest absolute Gasteiger partial charge is 0.138 e. The average Bonchev–Trinajstić information content (AvgIpc) is 3.08. The molecule has 0 atom stereocenters. The van der Waals surface area contributed by atoms with Gasteiger partial charge in [-0.1, -0.05) is 60.1 Å². The van der Waals surface area contributed by atoms with Crippen molar-refractivity contribution in [2.24, 2.45) is 0 Å². The van der Waals surface area contributed by atoms with Gasteiger partial charge in [0, 0.05) is 21.4 Å². The normalized spacial score (nSPS) is 11.5. The van der Waals surface area contributed by atoms with Crippen molar-refractivity contribution in [1.82, 2.24) is 9.97 Å². The van der Waals surface area contributed by atoms with Crippen LogP contribution in [-0.2, 0) is 0 Å². The Balaban J connectivity index is 1.93. The van der Waals surface area contributed by atoms with Crippen molar-refractivity contribution < 1.29 is 0 Å². The third-order valence-corrected chi connectivity index (χ3v) is 4.74. The Bertz CT molecular complexity index is 1130. The van der Waals surface area contributed by atoms with E-state index in [0.717, 1.165) is 27.4 Å². The maximum absolute atomic E-state index is 6.00. The lowest BCUT2D eigenvalue weighted by Gasteiger charge is -2.05. The molecule has 0 bridgehead atoms. The molecule has 24 heavy (non-hydrogen) atoms. The topological polar surface area (TPSA) is 28.7 Å². The van der Waals surface area contributed by atoms with Gasteiger partial charge in [-0.25, -0.2) is 4.98 Å². The highest BCUT2D eigenvalue weighted by atomic mass is 35.5. The van der Waals surface area contributed by atoms with Crippen molar-refractivity contribution in [3.8, 4) is 11.4 Å². The molecule has 4 aromatic carbocycles. The molecule has 0 radical (unpaired) electrons. The van der Waals surface area contributed by atoms with E-state index in [1.54, 1.807) is 0 Å². The van der Waals surface area contributed by atoms with Crippen molar-refractivity contribution in [2.45, 2.75) is 0 Å². The summed E-state index contributed by atoms with van der Waals surface area (Å²) >= 11 is 6.00. The first-order valence-electron chi connectivity index (χ1n) is 7.86. The first-order chi connectivity index (χ1) is 11.8. The Labute approximate surface area is 143 Å². The minimum atomic E-state index is 0.728. The Kier molecular flexibility index (Phi) is 2.88. The fourth-order valence-corrected chi connectivity index (χ4v) is 3.49. The molecule has 5 aromatic rings. The molecule has 3 heteroatoms. The maximum Gasteiger partial charge on any atom is 0.138 e. The van der Waals surface area contributed by atoms with E-state index in [2.05, 4.69) is 53.5 Å². The molecule has 114 valence electrons. The van der Waals surface area contributed by atoms with E-state index in [1.807, 2.05) is 24.3 Å². The number of benzene rings is 4. The summed E-state index contributed by atoms with van der Waals surface area (Å²) in [6, 6.07) is 24.7. The van der Waals surface area contributed by atoms with E-state index in [-0.39, 0.29) is 0 Å². The number of aromatic nitrogens is 2. The zero-order valence-corrected chi connectivity index (χ0v) is 13.5. The summed E-state index contributed by atoms with van der Waals surface area (Å²) in [5, 5.41) is 5.56. The molecule has 0 fully saturated rings. The zero-order valence-electron chi connectivity index (χ0n) is 12.8. The minimum absolute atomic E-state index is 0.728. The van der Waals surface area contributed by atoms with Crippen LogP contribution in [-0.4, -0.2) is 9.97 Å². The molecule has 0 aliphatic rings. The first-order valence-corrected chi connectivity index (χ1v) is 8.24. The number of aromatic amines is 1. The van der Waals surface area contributed by atoms with E-state index < -0.39 is 0 Å². The maximum atomic E-state index is 6.00. The molecule has 0 saturated heterocycles. The van der Waals surface area contributed by atoms with Crippen LogP contribution in [0.3, 0.4) is 0 Å². The highest BCUT2D eigenvalue weighted by Gasteiger charge is 2.13.